The Morgan fingerprint density at radius 3 is 2.41 bits per heavy atom. The number of imidazole rings is 1. The first kappa shape index (κ1) is 28.8. The Labute approximate surface area is 229 Å². The summed E-state index contributed by atoms with van der Waals surface area (Å²) in [4.78, 5) is 31.9. The van der Waals surface area contributed by atoms with Crippen LogP contribution in [0.3, 0.4) is 0 Å². The number of H-pyrrole nitrogens is 1. The van der Waals surface area contributed by atoms with Crippen LogP contribution in [0.25, 0.3) is 11.8 Å². The largest absolute Gasteiger partial charge is 0.493 e. The van der Waals surface area contributed by atoms with Crippen molar-refractivity contribution in [2.24, 2.45) is 4.99 Å². The molecule has 1 aromatic heterocycles. The van der Waals surface area contributed by atoms with Gasteiger partial charge in [0.15, 0.2) is 0 Å². The summed E-state index contributed by atoms with van der Waals surface area (Å²) in [5.41, 5.74) is 0.564. The standard InChI is InChI=1S/C28H39N5O5S/c1-3-4-5-6-7-8-9-10-24-30-26(35)28(31-24)14-16-32(17-15-28)39(37,38)18-13-22-11-12-23(19-21(22)2)33-25(34)20-29-27(33)36/h11-13,18-20,34H,3-10,14-17H2,1-2H3,(H,29,36)(H,30,31,35). The maximum Gasteiger partial charge on any atom is 0.333 e. The van der Waals surface area contributed by atoms with Crippen LogP contribution in [0.15, 0.2) is 39.6 Å². The summed E-state index contributed by atoms with van der Waals surface area (Å²) in [7, 11) is -3.70. The van der Waals surface area contributed by atoms with E-state index in [1.54, 1.807) is 25.1 Å². The summed E-state index contributed by atoms with van der Waals surface area (Å²) in [6.07, 6.45) is 12.6. The molecule has 2 aliphatic heterocycles. The molecule has 1 aromatic carbocycles. The molecule has 10 nitrogen and oxygen atoms in total. The van der Waals surface area contributed by atoms with Gasteiger partial charge in [-0.1, -0.05) is 51.5 Å². The van der Waals surface area contributed by atoms with E-state index in [-0.39, 0.29) is 24.9 Å². The normalized spacial score (nSPS) is 17.7. The van der Waals surface area contributed by atoms with Crippen molar-refractivity contribution >= 4 is 27.8 Å². The molecule has 0 radical (unpaired) electrons. The molecule has 4 rings (SSSR count). The Morgan fingerprint density at radius 1 is 1.08 bits per heavy atom. The van der Waals surface area contributed by atoms with E-state index in [4.69, 9.17) is 4.99 Å². The molecular formula is C28H39N5O5S. The van der Waals surface area contributed by atoms with Gasteiger partial charge in [0, 0.05) is 24.9 Å². The number of aromatic amines is 1. The lowest BCUT2D eigenvalue weighted by Crippen LogP contribution is -2.50. The first-order valence-corrected chi connectivity index (χ1v) is 15.3. The molecule has 0 atom stereocenters. The van der Waals surface area contributed by atoms with Gasteiger partial charge in [0.25, 0.3) is 5.91 Å². The van der Waals surface area contributed by atoms with Gasteiger partial charge in [0.2, 0.25) is 15.9 Å². The number of carbonyl (C=O) groups excluding carboxylic acids is 1. The summed E-state index contributed by atoms with van der Waals surface area (Å²) in [5, 5.41) is 14.0. The quantitative estimate of drug-likeness (QED) is 0.339. The minimum Gasteiger partial charge on any atom is -0.493 e. The Hall–Kier alpha value is -3.18. The predicted octanol–water partition coefficient (Wildman–Crippen LogP) is 3.98. The second-order valence-electron chi connectivity index (χ2n) is 10.5. The lowest BCUT2D eigenvalue weighted by molar-refractivity contribution is -0.124. The number of sulfonamides is 1. The van der Waals surface area contributed by atoms with Crippen molar-refractivity contribution in [3.05, 3.63) is 51.4 Å². The topological polar surface area (TPSA) is 137 Å². The van der Waals surface area contributed by atoms with Crippen LogP contribution in [0.1, 0.15) is 82.3 Å². The van der Waals surface area contributed by atoms with Crippen molar-refractivity contribution in [3.8, 4) is 11.6 Å². The molecule has 2 aromatic rings. The number of aromatic nitrogens is 2. The molecule has 0 aliphatic carbocycles. The number of aromatic hydroxyl groups is 1. The van der Waals surface area contributed by atoms with E-state index in [1.807, 2.05) is 0 Å². The van der Waals surface area contributed by atoms with Crippen molar-refractivity contribution < 1.29 is 18.3 Å². The minimum atomic E-state index is -3.70. The molecule has 1 fully saturated rings. The first-order valence-electron chi connectivity index (χ1n) is 13.8. The smallest absolute Gasteiger partial charge is 0.333 e. The van der Waals surface area contributed by atoms with E-state index in [9.17, 15) is 23.1 Å². The third-order valence-corrected chi connectivity index (χ3v) is 9.21. The number of hydrogen-bond donors (Lipinski definition) is 3. The number of unbranched alkanes of at least 4 members (excludes halogenated alkanes) is 6. The third kappa shape index (κ3) is 6.70. The molecule has 3 N–H and O–H groups in total. The Bertz CT molecular complexity index is 1400. The Kier molecular flexibility index (Phi) is 9.12. The predicted molar refractivity (Wildman–Crippen MR) is 152 cm³/mol. The van der Waals surface area contributed by atoms with Crippen molar-refractivity contribution in [3.63, 3.8) is 0 Å². The van der Waals surface area contributed by atoms with Crippen LogP contribution in [0.5, 0.6) is 5.88 Å². The van der Waals surface area contributed by atoms with Crippen LogP contribution < -0.4 is 11.0 Å². The molecule has 3 heterocycles. The molecule has 39 heavy (non-hydrogen) atoms. The second-order valence-corrected chi connectivity index (χ2v) is 12.3. The fourth-order valence-corrected chi connectivity index (χ4v) is 6.42. The lowest BCUT2D eigenvalue weighted by Gasteiger charge is -2.34. The maximum atomic E-state index is 13.1. The first-order chi connectivity index (χ1) is 18.6. The number of rotatable bonds is 12. The molecule has 0 saturated carbocycles. The number of benzene rings is 1. The van der Waals surface area contributed by atoms with Gasteiger partial charge in [-0.05, 0) is 55.5 Å². The number of amides is 1. The summed E-state index contributed by atoms with van der Waals surface area (Å²) >= 11 is 0. The van der Waals surface area contributed by atoms with E-state index in [0.29, 0.717) is 24.1 Å². The van der Waals surface area contributed by atoms with Crippen LogP contribution in [0.2, 0.25) is 0 Å². The minimum absolute atomic E-state index is 0.115. The van der Waals surface area contributed by atoms with Gasteiger partial charge in [-0.25, -0.2) is 17.8 Å². The maximum absolute atomic E-state index is 13.1. The Balaban J connectivity index is 1.33. The average molecular weight is 558 g/mol. The number of piperidine rings is 1. The SMILES string of the molecule is CCCCCCCCCC1=NC2(CCN(S(=O)(=O)C=Cc3ccc(-n4c(O)c[nH]c4=O)cc3C)CC2)C(=O)N1. The van der Waals surface area contributed by atoms with E-state index >= 15 is 0 Å². The average Bonchev–Trinajstić information content (AvgIpc) is 3.40. The molecule has 1 saturated heterocycles. The van der Waals surface area contributed by atoms with Crippen LogP contribution >= 0.6 is 0 Å². The lowest BCUT2D eigenvalue weighted by atomic mass is 9.89. The zero-order valence-electron chi connectivity index (χ0n) is 22.8. The number of nitrogens with zero attached hydrogens (tertiary/aromatic N) is 3. The molecular weight excluding hydrogens is 518 g/mol. The van der Waals surface area contributed by atoms with Gasteiger partial charge in [-0.15, -0.1) is 0 Å². The summed E-state index contributed by atoms with van der Waals surface area (Å²) in [6, 6.07) is 5.04. The summed E-state index contributed by atoms with van der Waals surface area (Å²) in [6.45, 7) is 4.46. The molecule has 1 amide bonds. The highest BCUT2D eigenvalue weighted by Gasteiger charge is 2.46. The van der Waals surface area contributed by atoms with Crippen molar-refractivity contribution in [1.29, 1.82) is 0 Å². The second kappa shape index (κ2) is 12.3. The van der Waals surface area contributed by atoms with Gasteiger partial charge in [0.1, 0.15) is 11.4 Å². The molecule has 1 spiro atoms. The number of aliphatic imine (C=N–C) groups is 1. The third-order valence-electron chi connectivity index (χ3n) is 7.64. The van der Waals surface area contributed by atoms with Gasteiger partial charge in [-0.3, -0.25) is 9.79 Å². The number of carbonyl (C=O) groups is 1. The molecule has 11 heteroatoms. The zero-order chi connectivity index (χ0) is 28.0. The monoisotopic (exact) mass is 557 g/mol. The van der Waals surface area contributed by atoms with Gasteiger partial charge in [0.05, 0.1) is 11.9 Å². The van der Waals surface area contributed by atoms with Crippen molar-refractivity contribution in [2.75, 3.05) is 13.1 Å². The van der Waals surface area contributed by atoms with Crippen LogP contribution in [0, 0.1) is 6.92 Å². The highest BCUT2D eigenvalue weighted by molar-refractivity contribution is 7.92. The van der Waals surface area contributed by atoms with Crippen LogP contribution in [-0.4, -0.2) is 57.8 Å². The van der Waals surface area contributed by atoms with Crippen molar-refractivity contribution in [2.45, 2.75) is 83.6 Å². The fraction of sp³-hybridized carbons (Fsp3) is 0.536. The van der Waals surface area contributed by atoms with Crippen molar-refractivity contribution in [1.82, 2.24) is 19.2 Å². The number of amidine groups is 1. The molecule has 0 unspecified atom stereocenters. The van der Waals surface area contributed by atoms with Gasteiger partial charge in [-0.2, -0.15) is 4.31 Å². The highest BCUT2D eigenvalue weighted by Crippen LogP contribution is 2.32. The van der Waals surface area contributed by atoms with E-state index in [2.05, 4.69) is 17.2 Å². The summed E-state index contributed by atoms with van der Waals surface area (Å²) < 4.78 is 28.6. The molecule has 212 valence electrons. The number of aryl methyl sites for hydroxylation is 1. The molecule has 2 aliphatic rings. The summed E-state index contributed by atoms with van der Waals surface area (Å²) in [5.74, 6) is 0.411. The van der Waals surface area contributed by atoms with Crippen LogP contribution in [0.4, 0.5) is 0 Å². The van der Waals surface area contributed by atoms with E-state index < -0.39 is 21.3 Å². The number of hydrogen-bond acceptors (Lipinski definition) is 6. The van der Waals surface area contributed by atoms with E-state index in [1.165, 1.54) is 54.1 Å². The fourth-order valence-electron chi connectivity index (χ4n) is 5.24. The molecule has 0 bridgehead atoms. The van der Waals surface area contributed by atoms with Crippen LogP contribution in [-0.2, 0) is 14.8 Å². The zero-order valence-corrected chi connectivity index (χ0v) is 23.6. The van der Waals surface area contributed by atoms with E-state index in [0.717, 1.165) is 35.2 Å². The highest BCUT2D eigenvalue weighted by atomic mass is 32.2. The number of nitrogens with one attached hydrogen (secondary N) is 2. The Morgan fingerprint density at radius 2 is 1.77 bits per heavy atom. The van der Waals surface area contributed by atoms with Gasteiger partial charge >= 0.3 is 5.69 Å². The van der Waals surface area contributed by atoms with Gasteiger partial charge < -0.3 is 15.4 Å².